The number of aliphatic hydroxyl groups is 1. The van der Waals surface area contributed by atoms with Crippen LogP contribution in [-0.2, 0) is 12.0 Å². The summed E-state index contributed by atoms with van der Waals surface area (Å²) in [7, 11) is 0. The zero-order valence-electron chi connectivity index (χ0n) is 12.6. The van der Waals surface area contributed by atoms with E-state index in [1.54, 1.807) is 48.5 Å². The van der Waals surface area contributed by atoms with Crippen molar-refractivity contribution in [3.63, 3.8) is 0 Å². The Labute approximate surface area is 143 Å². The first kappa shape index (κ1) is 16.0. The number of fused-ring (bicyclic) bond motifs is 2. The molecule has 1 N–H and O–H groups in total. The fourth-order valence-electron chi connectivity index (χ4n) is 2.65. The van der Waals surface area contributed by atoms with Gasteiger partial charge in [-0.05, 0) is 24.3 Å². The normalized spacial score (nSPS) is 14.9. The molecule has 0 aliphatic rings. The van der Waals surface area contributed by atoms with Gasteiger partial charge in [-0.2, -0.15) is 13.2 Å². The van der Waals surface area contributed by atoms with Crippen LogP contribution in [0.15, 0.2) is 53.1 Å². The smallest absolute Gasteiger partial charge is 0.374 e. The fraction of sp³-hybridized carbons (Fsp3) is 0.176. The van der Waals surface area contributed by atoms with Crippen LogP contribution >= 0.6 is 11.3 Å². The van der Waals surface area contributed by atoms with Crippen LogP contribution in [0, 0.1) is 0 Å². The average Bonchev–Trinajstić information content (AvgIpc) is 3.18. The van der Waals surface area contributed by atoms with Crippen molar-refractivity contribution in [3.8, 4) is 0 Å². The van der Waals surface area contributed by atoms with E-state index in [9.17, 15) is 18.3 Å². The number of hydrogen-bond acceptors (Lipinski definition) is 5. The second-order valence-electron chi connectivity index (χ2n) is 5.65. The maximum Gasteiger partial charge on any atom is 0.424 e. The van der Waals surface area contributed by atoms with Crippen LogP contribution < -0.4 is 0 Å². The molecule has 4 rings (SSSR count). The first-order chi connectivity index (χ1) is 11.9. The first-order valence-corrected chi connectivity index (χ1v) is 8.18. The van der Waals surface area contributed by atoms with E-state index < -0.39 is 23.2 Å². The SMILES string of the molecule is O[C@@](Cc1noc2ccccc12)(c1nc2ccccc2s1)C(F)(F)F. The Morgan fingerprint density at radius 1 is 1.04 bits per heavy atom. The molecule has 8 heteroatoms. The van der Waals surface area contributed by atoms with Gasteiger partial charge in [0.05, 0.1) is 15.9 Å². The highest BCUT2D eigenvalue weighted by molar-refractivity contribution is 7.18. The van der Waals surface area contributed by atoms with Crippen LogP contribution in [0.1, 0.15) is 10.7 Å². The van der Waals surface area contributed by atoms with Crippen molar-refractivity contribution < 1.29 is 22.8 Å². The zero-order valence-corrected chi connectivity index (χ0v) is 13.4. The summed E-state index contributed by atoms with van der Waals surface area (Å²) in [6.45, 7) is 0. The summed E-state index contributed by atoms with van der Waals surface area (Å²) in [6.07, 6.45) is -5.69. The van der Waals surface area contributed by atoms with Crippen molar-refractivity contribution in [1.82, 2.24) is 10.1 Å². The van der Waals surface area contributed by atoms with Gasteiger partial charge in [-0.15, -0.1) is 11.3 Å². The molecule has 0 saturated carbocycles. The molecule has 0 unspecified atom stereocenters. The molecule has 128 valence electrons. The predicted molar refractivity (Wildman–Crippen MR) is 87.3 cm³/mol. The summed E-state index contributed by atoms with van der Waals surface area (Å²) < 4.78 is 46.9. The van der Waals surface area contributed by atoms with Crippen molar-refractivity contribution >= 4 is 32.5 Å². The summed E-state index contributed by atoms with van der Waals surface area (Å²) in [4.78, 5) is 4.00. The molecule has 1 atom stereocenters. The molecule has 4 nitrogen and oxygen atoms in total. The van der Waals surface area contributed by atoms with Gasteiger partial charge >= 0.3 is 6.18 Å². The maximum absolute atomic E-state index is 13.8. The summed E-state index contributed by atoms with van der Waals surface area (Å²) in [5.74, 6) is 0. The maximum atomic E-state index is 13.8. The lowest BCUT2D eigenvalue weighted by Gasteiger charge is -2.27. The second kappa shape index (κ2) is 5.53. The number of nitrogens with zero attached hydrogens (tertiary/aromatic N) is 2. The van der Waals surface area contributed by atoms with E-state index in [2.05, 4.69) is 10.1 Å². The lowest BCUT2D eigenvalue weighted by atomic mass is 9.96. The van der Waals surface area contributed by atoms with E-state index >= 15 is 0 Å². The molecule has 2 aromatic heterocycles. The van der Waals surface area contributed by atoms with Crippen molar-refractivity contribution in [2.45, 2.75) is 18.2 Å². The van der Waals surface area contributed by atoms with Crippen LogP contribution in [0.2, 0.25) is 0 Å². The van der Waals surface area contributed by atoms with E-state index in [1.807, 2.05) is 0 Å². The monoisotopic (exact) mass is 364 g/mol. The molecule has 0 fully saturated rings. The second-order valence-corrected chi connectivity index (χ2v) is 6.68. The van der Waals surface area contributed by atoms with Gasteiger partial charge in [-0.1, -0.05) is 29.4 Å². The molecule has 0 saturated heterocycles. The van der Waals surface area contributed by atoms with Crippen molar-refractivity contribution in [1.29, 1.82) is 0 Å². The Morgan fingerprint density at radius 3 is 2.52 bits per heavy atom. The fourth-order valence-corrected chi connectivity index (χ4v) is 3.73. The minimum atomic E-state index is -4.92. The van der Waals surface area contributed by atoms with E-state index in [0.717, 1.165) is 11.3 Å². The number of hydrogen-bond donors (Lipinski definition) is 1. The number of aromatic nitrogens is 2. The van der Waals surface area contributed by atoms with Gasteiger partial charge in [0.2, 0.25) is 5.60 Å². The largest absolute Gasteiger partial charge is 0.424 e. The predicted octanol–water partition coefficient (Wildman–Crippen LogP) is 4.43. The van der Waals surface area contributed by atoms with Crippen LogP contribution in [-0.4, -0.2) is 21.4 Å². The number of alkyl halides is 3. The standard InChI is InChI=1S/C17H11F3N2O2S/c18-17(19,20)16(23,15-21-11-6-2-4-8-14(11)25-15)9-12-10-5-1-3-7-13(10)24-22-12/h1-8,23H,9H2/t16-/m0/s1. The van der Waals surface area contributed by atoms with E-state index in [1.165, 1.54) is 0 Å². The van der Waals surface area contributed by atoms with E-state index in [-0.39, 0.29) is 5.69 Å². The Bertz CT molecular complexity index is 1020. The summed E-state index contributed by atoms with van der Waals surface area (Å²) in [5.41, 5.74) is -2.33. The van der Waals surface area contributed by atoms with Crippen LogP contribution in [0.25, 0.3) is 21.2 Å². The number of rotatable bonds is 3. The molecule has 4 aromatic rings. The molecule has 0 aliphatic carbocycles. The highest BCUT2D eigenvalue weighted by Gasteiger charge is 2.57. The quantitative estimate of drug-likeness (QED) is 0.584. The summed E-state index contributed by atoms with van der Waals surface area (Å²) >= 11 is 0.819. The topological polar surface area (TPSA) is 59.2 Å². The van der Waals surface area contributed by atoms with Gasteiger partial charge in [0.15, 0.2) is 5.58 Å². The molecule has 2 heterocycles. The van der Waals surface area contributed by atoms with Gasteiger partial charge in [0.1, 0.15) is 5.01 Å². The number of halogens is 3. The van der Waals surface area contributed by atoms with Crippen LogP contribution in [0.3, 0.4) is 0 Å². The highest BCUT2D eigenvalue weighted by atomic mass is 32.1. The van der Waals surface area contributed by atoms with Gasteiger partial charge in [-0.25, -0.2) is 4.98 Å². The molecule has 2 aromatic carbocycles. The number of thiazole rings is 1. The van der Waals surface area contributed by atoms with Crippen LogP contribution in [0.5, 0.6) is 0 Å². The minimum Gasteiger partial charge on any atom is -0.374 e. The molecule has 0 bridgehead atoms. The van der Waals surface area contributed by atoms with Gasteiger partial charge in [-0.3, -0.25) is 0 Å². The first-order valence-electron chi connectivity index (χ1n) is 7.37. The molecule has 0 amide bonds. The molecule has 0 aliphatic heterocycles. The lowest BCUT2D eigenvalue weighted by Crippen LogP contribution is -2.44. The molecular weight excluding hydrogens is 353 g/mol. The van der Waals surface area contributed by atoms with Gasteiger partial charge in [0, 0.05) is 11.8 Å². The molecular formula is C17H11F3N2O2S. The van der Waals surface area contributed by atoms with Crippen molar-refractivity contribution in [2.75, 3.05) is 0 Å². The Hall–Kier alpha value is -2.45. The number of para-hydroxylation sites is 2. The third kappa shape index (κ3) is 2.58. The third-order valence-corrected chi connectivity index (χ3v) is 5.18. The molecule has 0 spiro atoms. The minimum absolute atomic E-state index is 0.0367. The Kier molecular flexibility index (Phi) is 3.55. The van der Waals surface area contributed by atoms with Gasteiger partial charge < -0.3 is 9.63 Å². The lowest BCUT2D eigenvalue weighted by molar-refractivity contribution is -0.266. The summed E-state index contributed by atoms with van der Waals surface area (Å²) in [6, 6.07) is 13.3. The Balaban J connectivity index is 1.85. The summed E-state index contributed by atoms with van der Waals surface area (Å²) in [5, 5.41) is 14.3. The zero-order chi connectivity index (χ0) is 17.7. The average molecular weight is 364 g/mol. The molecule has 0 radical (unpaired) electrons. The Morgan fingerprint density at radius 2 is 1.76 bits per heavy atom. The highest BCUT2D eigenvalue weighted by Crippen LogP contribution is 2.44. The van der Waals surface area contributed by atoms with Crippen molar-refractivity contribution in [2.24, 2.45) is 0 Å². The van der Waals surface area contributed by atoms with Crippen molar-refractivity contribution in [3.05, 3.63) is 59.2 Å². The molecule has 25 heavy (non-hydrogen) atoms. The number of benzene rings is 2. The third-order valence-electron chi connectivity index (χ3n) is 3.99. The van der Waals surface area contributed by atoms with Gasteiger partial charge in [0.25, 0.3) is 0 Å². The van der Waals surface area contributed by atoms with Crippen LogP contribution in [0.4, 0.5) is 13.2 Å². The van der Waals surface area contributed by atoms with E-state index in [0.29, 0.717) is 21.2 Å². The van der Waals surface area contributed by atoms with E-state index in [4.69, 9.17) is 4.52 Å².